The Morgan fingerprint density at radius 1 is 1.50 bits per heavy atom. The predicted molar refractivity (Wildman–Crippen MR) is 67.3 cm³/mol. The maximum absolute atomic E-state index is 11.5. The molecule has 1 saturated heterocycles. The van der Waals surface area contributed by atoms with Crippen molar-refractivity contribution in [3.8, 4) is 0 Å². The predicted octanol–water partition coefficient (Wildman–Crippen LogP) is 1.51. The summed E-state index contributed by atoms with van der Waals surface area (Å²) in [6, 6.07) is 0.340. The van der Waals surface area contributed by atoms with Gasteiger partial charge in [-0.2, -0.15) is 0 Å². The fourth-order valence-electron chi connectivity index (χ4n) is 2.00. The highest BCUT2D eigenvalue weighted by Crippen LogP contribution is 2.15. The average Bonchev–Trinajstić information content (AvgIpc) is 2.41. The summed E-state index contributed by atoms with van der Waals surface area (Å²) in [4.78, 5) is 21.5. The molecule has 0 radical (unpaired) electrons. The minimum absolute atomic E-state index is 0.213. The fourth-order valence-corrected chi connectivity index (χ4v) is 2.00. The van der Waals surface area contributed by atoms with Crippen LogP contribution in [-0.4, -0.2) is 46.7 Å². The van der Waals surface area contributed by atoms with E-state index in [9.17, 15) is 4.79 Å². The molecule has 2 rings (SSSR count). The number of hydrogen-bond donors (Lipinski definition) is 1. The van der Waals surface area contributed by atoms with Crippen LogP contribution in [0, 0.1) is 0 Å². The lowest BCUT2D eigenvalue weighted by molar-refractivity contribution is 0.0983. The van der Waals surface area contributed by atoms with Gasteiger partial charge in [0, 0.05) is 31.5 Å². The summed E-state index contributed by atoms with van der Waals surface area (Å²) in [5.74, 6) is 0.784. The summed E-state index contributed by atoms with van der Waals surface area (Å²) in [5, 5.41) is 3.32. The van der Waals surface area contributed by atoms with E-state index in [1.54, 1.807) is 23.5 Å². The Morgan fingerprint density at radius 3 is 2.89 bits per heavy atom. The van der Waals surface area contributed by atoms with E-state index < -0.39 is 0 Å². The van der Waals surface area contributed by atoms with Crippen molar-refractivity contribution in [3.05, 3.63) is 18.6 Å². The molecule has 1 aromatic heterocycles. The molecule has 0 aliphatic carbocycles. The summed E-state index contributed by atoms with van der Waals surface area (Å²) in [6.45, 7) is 3.68. The minimum Gasteiger partial charge on any atom is -0.450 e. The molecule has 0 saturated carbocycles. The number of nitrogens with one attached hydrogen (secondary N) is 1. The first kappa shape index (κ1) is 12.6. The van der Waals surface area contributed by atoms with Crippen LogP contribution in [0.2, 0.25) is 0 Å². The maximum Gasteiger partial charge on any atom is 0.409 e. The quantitative estimate of drug-likeness (QED) is 0.880. The second-order valence-corrected chi connectivity index (χ2v) is 4.20. The third-order valence-electron chi connectivity index (χ3n) is 2.94. The summed E-state index contributed by atoms with van der Waals surface area (Å²) in [7, 11) is 0. The smallest absolute Gasteiger partial charge is 0.409 e. The van der Waals surface area contributed by atoms with Gasteiger partial charge in [0.2, 0.25) is 0 Å². The van der Waals surface area contributed by atoms with Crippen LogP contribution in [0.25, 0.3) is 0 Å². The lowest BCUT2D eigenvalue weighted by atomic mass is 10.1. The molecule has 1 aliphatic heterocycles. The molecule has 6 nitrogen and oxygen atoms in total. The van der Waals surface area contributed by atoms with Crippen LogP contribution in [0.5, 0.6) is 0 Å². The molecule has 1 amide bonds. The highest BCUT2D eigenvalue weighted by Gasteiger charge is 2.23. The Hall–Kier alpha value is -1.85. The van der Waals surface area contributed by atoms with E-state index in [0.717, 1.165) is 31.7 Å². The van der Waals surface area contributed by atoms with Crippen molar-refractivity contribution in [3.63, 3.8) is 0 Å². The molecule has 0 bridgehead atoms. The third kappa shape index (κ3) is 3.32. The number of piperidine rings is 1. The molecule has 0 aromatic carbocycles. The van der Waals surface area contributed by atoms with Gasteiger partial charge in [-0.25, -0.2) is 9.78 Å². The van der Waals surface area contributed by atoms with E-state index in [1.165, 1.54) is 0 Å². The molecule has 2 heterocycles. The van der Waals surface area contributed by atoms with Crippen LogP contribution >= 0.6 is 0 Å². The van der Waals surface area contributed by atoms with Gasteiger partial charge in [0.05, 0.1) is 12.8 Å². The van der Waals surface area contributed by atoms with Crippen molar-refractivity contribution in [2.24, 2.45) is 0 Å². The number of carbonyl (C=O) groups is 1. The molecule has 1 fully saturated rings. The Labute approximate surface area is 106 Å². The molecule has 0 atom stereocenters. The lowest BCUT2D eigenvalue weighted by Gasteiger charge is -2.31. The third-order valence-corrected chi connectivity index (χ3v) is 2.94. The van der Waals surface area contributed by atoms with Gasteiger partial charge in [-0.1, -0.05) is 0 Å². The Kier molecular flexibility index (Phi) is 4.33. The number of ether oxygens (including phenoxy) is 1. The molecule has 6 heteroatoms. The molecule has 1 aliphatic rings. The normalized spacial score (nSPS) is 16.4. The summed E-state index contributed by atoms with van der Waals surface area (Å²) >= 11 is 0. The topological polar surface area (TPSA) is 67.3 Å². The first-order valence-corrected chi connectivity index (χ1v) is 6.24. The Morgan fingerprint density at radius 2 is 2.28 bits per heavy atom. The first-order chi connectivity index (χ1) is 8.79. The molecule has 0 spiro atoms. The number of amides is 1. The summed E-state index contributed by atoms with van der Waals surface area (Å²) in [6.07, 6.45) is 6.60. The van der Waals surface area contributed by atoms with Crippen LogP contribution in [0.4, 0.5) is 10.6 Å². The van der Waals surface area contributed by atoms with E-state index in [4.69, 9.17) is 4.74 Å². The van der Waals surface area contributed by atoms with Gasteiger partial charge in [-0.15, -0.1) is 0 Å². The van der Waals surface area contributed by atoms with Crippen LogP contribution in [0.15, 0.2) is 18.6 Å². The SMILES string of the molecule is CCOC(=O)N1CCC(Nc2cnccn2)CC1. The molecule has 1 N–H and O–H groups in total. The zero-order valence-corrected chi connectivity index (χ0v) is 10.5. The summed E-state index contributed by atoms with van der Waals surface area (Å²) < 4.78 is 4.98. The van der Waals surface area contributed by atoms with Crippen molar-refractivity contribution in [1.29, 1.82) is 0 Å². The summed E-state index contributed by atoms with van der Waals surface area (Å²) in [5.41, 5.74) is 0. The highest BCUT2D eigenvalue weighted by molar-refractivity contribution is 5.67. The van der Waals surface area contributed by atoms with E-state index in [1.807, 2.05) is 6.92 Å². The Bertz CT molecular complexity index is 377. The van der Waals surface area contributed by atoms with Crippen LogP contribution < -0.4 is 5.32 Å². The van der Waals surface area contributed by atoms with Crippen LogP contribution in [-0.2, 0) is 4.74 Å². The van der Waals surface area contributed by atoms with Gasteiger partial charge >= 0.3 is 6.09 Å². The van der Waals surface area contributed by atoms with E-state index in [2.05, 4.69) is 15.3 Å². The number of hydrogen-bond acceptors (Lipinski definition) is 5. The van der Waals surface area contributed by atoms with Crippen molar-refractivity contribution >= 4 is 11.9 Å². The molecular weight excluding hydrogens is 232 g/mol. The largest absolute Gasteiger partial charge is 0.450 e. The minimum atomic E-state index is -0.213. The zero-order chi connectivity index (χ0) is 12.8. The number of aromatic nitrogens is 2. The standard InChI is InChI=1S/C12H18N4O2/c1-2-18-12(17)16-7-3-10(4-8-16)15-11-9-13-5-6-14-11/h5-6,9-10H,2-4,7-8H2,1H3,(H,14,15). The first-order valence-electron chi connectivity index (χ1n) is 6.24. The number of nitrogens with zero attached hydrogens (tertiary/aromatic N) is 3. The lowest BCUT2D eigenvalue weighted by Crippen LogP contribution is -2.42. The second-order valence-electron chi connectivity index (χ2n) is 4.20. The number of likely N-dealkylation sites (tertiary alicyclic amines) is 1. The molecular formula is C12H18N4O2. The number of anilines is 1. The van der Waals surface area contributed by atoms with Crippen LogP contribution in [0.1, 0.15) is 19.8 Å². The average molecular weight is 250 g/mol. The van der Waals surface area contributed by atoms with Crippen molar-refractivity contribution < 1.29 is 9.53 Å². The molecule has 98 valence electrons. The number of carbonyl (C=O) groups excluding carboxylic acids is 1. The Balaban J connectivity index is 1.78. The van der Waals surface area contributed by atoms with Crippen molar-refractivity contribution in [2.75, 3.05) is 25.0 Å². The maximum atomic E-state index is 11.5. The van der Waals surface area contributed by atoms with Gasteiger partial charge in [0.25, 0.3) is 0 Å². The van der Waals surface area contributed by atoms with Gasteiger partial charge in [-0.3, -0.25) is 4.98 Å². The van der Waals surface area contributed by atoms with E-state index in [0.29, 0.717) is 12.6 Å². The zero-order valence-electron chi connectivity index (χ0n) is 10.5. The van der Waals surface area contributed by atoms with Gasteiger partial charge in [0.1, 0.15) is 5.82 Å². The fraction of sp³-hybridized carbons (Fsp3) is 0.583. The van der Waals surface area contributed by atoms with Crippen molar-refractivity contribution in [1.82, 2.24) is 14.9 Å². The van der Waals surface area contributed by atoms with Gasteiger partial charge in [-0.05, 0) is 19.8 Å². The van der Waals surface area contributed by atoms with Gasteiger partial charge < -0.3 is 15.0 Å². The van der Waals surface area contributed by atoms with E-state index >= 15 is 0 Å². The van der Waals surface area contributed by atoms with Gasteiger partial charge in [0.15, 0.2) is 0 Å². The molecule has 1 aromatic rings. The van der Waals surface area contributed by atoms with Crippen molar-refractivity contribution in [2.45, 2.75) is 25.8 Å². The highest BCUT2D eigenvalue weighted by atomic mass is 16.6. The molecule has 0 unspecified atom stereocenters. The van der Waals surface area contributed by atoms with Crippen LogP contribution in [0.3, 0.4) is 0 Å². The monoisotopic (exact) mass is 250 g/mol. The second kappa shape index (κ2) is 6.18. The van der Waals surface area contributed by atoms with E-state index in [-0.39, 0.29) is 6.09 Å². The molecule has 18 heavy (non-hydrogen) atoms. The number of rotatable bonds is 3.